The maximum absolute atomic E-state index is 4.70. The smallest absolute Gasteiger partial charge is 0.0811 e. The molecule has 1 aliphatic carbocycles. The molecule has 1 heterocycles. The summed E-state index contributed by atoms with van der Waals surface area (Å²) < 4.78 is 1.20. The van der Waals surface area contributed by atoms with Crippen molar-refractivity contribution in [1.29, 1.82) is 0 Å². The van der Waals surface area contributed by atoms with Crippen molar-refractivity contribution in [2.45, 2.75) is 0 Å². The molecule has 0 spiro atoms. The van der Waals surface area contributed by atoms with E-state index in [0.717, 1.165) is 16.6 Å². The van der Waals surface area contributed by atoms with E-state index in [1.165, 1.54) is 15.3 Å². The lowest BCUT2D eigenvalue weighted by Gasteiger charge is -2.13. The van der Waals surface area contributed by atoms with E-state index in [1.807, 2.05) is 33.3 Å². The maximum atomic E-state index is 4.70. The summed E-state index contributed by atoms with van der Waals surface area (Å²) in [5, 5.41) is 0.994. The van der Waals surface area contributed by atoms with E-state index >= 15 is 0 Å². The van der Waals surface area contributed by atoms with Crippen LogP contribution in [0.15, 0.2) is 41.4 Å². The predicted molar refractivity (Wildman–Crippen MR) is 82.1 cm³/mol. The van der Waals surface area contributed by atoms with Gasteiger partial charge in [-0.15, -0.1) is 11.3 Å². The number of benzene rings is 2. The fourth-order valence-electron chi connectivity index (χ4n) is 2.02. The van der Waals surface area contributed by atoms with Crippen LogP contribution in [0.5, 0.6) is 0 Å². The molecule has 0 fully saturated rings. The molecule has 3 nitrogen and oxygen atoms in total. The quantitative estimate of drug-likeness (QED) is 0.635. The third kappa shape index (κ3) is 2.19. The first-order chi connectivity index (χ1) is 9.17. The topological polar surface area (TPSA) is 28.5 Å². The summed E-state index contributed by atoms with van der Waals surface area (Å²) in [7, 11) is 5.91. The molecule has 1 aromatic rings. The van der Waals surface area contributed by atoms with Crippen molar-refractivity contribution < 1.29 is 0 Å². The van der Waals surface area contributed by atoms with Crippen LogP contribution in [0.25, 0.3) is 20.8 Å². The van der Waals surface area contributed by atoms with E-state index in [1.54, 1.807) is 11.3 Å². The summed E-state index contributed by atoms with van der Waals surface area (Å²) in [6, 6.07) is 12.5. The number of hydrogen-bond acceptors (Lipinski definition) is 4. The number of nitrogens with zero attached hydrogens (tertiary/aromatic N) is 3. The van der Waals surface area contributed by atoms with Gasteiger partial charge in [-0.1, -0.05) is 0 Å². The number of hydrogen-bond donors (Lipinski definition) is 0. The van der Waals surface area contributed by atoms with Gasteiger partial charge in [0.2, 0.25) is 0 Å². The normalized spacial score (nSPS) is 12.3. The average molecular weight is 269 g/mol. The third-order valence-electron chi connectivity index (χ3n) is 3.12. The van der Waals surface area contributed by atoms with Crippen molar-refractivity contribution >= 4 is 27.2 Å². The Hall–Kier alpha value is -1.94. The van der Waals surface area contributed by atoms with Gasteiger partial charge >= 0.3 is 0 Å². The first kappa shape index (κ1) is 12.1. The van der Waals surface area contributed by atoms with Crippen LogP contribution in [0.2, 0.25) is 0 Å². The van der Waals surface area contributed by atoms with Gasteiger partial charge in [0.25, 0.3) is 0 Å². The van der Waals surface area contributed by atoms with Crippen molar-refractivity contribution in [2.24, 2.45) is 4.99 Å². The number of aromatic nitrogens is 1. The first-order valence-electron chi connectivity index (χ1n) is 6.12. The van der Waals surface area contributed by atoms with E-state index in [4.69, 9.17) is 4.98 Å². The van der Waals surface area contributed by atoms with Gasteiger partial charge in [-0.2, -0.15) is 0 Å². The number of rotatable bonds is 1. The molecule has 0 radical (unpaired) electrons. The van der Waals surface area contributed by atoms with Gasteiger partial charge in [-0.25, -0.2) is 4.98 Å². The van der Waals surface area contributed by atoms with Crippen LogP contribution in [-0.4, -0.2) is 26.1 Å². The van der Waals surface area contributed by atoms with Gasteiger partial charge < -0.3 is 4.90 Å². The molecule has 19 heavy (non-hydrogen) atoms. The van der Waals surface area contributed by atoms with Gasteiger partial charge in [0.15, 0.2) is 0 Å². The van der Waals surface area contributed by atoms with Gasteiger partial charge in [-0.3, -0.25) is 4.99 Å². The Morgan fingerprint density at radius 1 is 1.11 bits per heavy atom. The minimum Gasteiger partial charge on any atom is -0.378 e. The first-order valence-corrected chi connectivity index (χ1v) is 6.94. The maximum Gasteiger partial charge on any atom is 0.0811 e. The van der Waals surface area contributed by atoms with Crippen LogP contribution >= 0.6 is 11.3 Å². The molecule has 96 valence electrons. The zero-order valence-electron chi connectivity index (χ0n) is 11.2. The van der Waals surface area contributed by atoms with Crippen molar-refractivity contribution in [2.75, 3.05) is 26.0 Å². The standard InChI is InChI=1S/C15H15N3S/c1-16-10-4-6-12-14(8-10)19-15-9-11(18(2)3)5-7-13(15)17-12/h4-9H,1-3H3/b16-10-. The van der Waals surface area contributed by atoms with Crippen LogP contribution in [0.4, 0.5) is 5.69 Å². The second-order valence-corrected chi connectivity index (χ2v) is 5.72. The average Bonchev–Trinajstić information content (AvgIpc) is 2.43. The molecule has 1 aliphatic heterocycles. The lowest BCUT2D eigenvalue weighted by Crippen LogP contribution is -2.08. The molecule has 0 N–H and O–H groups in total. The molecule has 0 saturated carbocycles. The van der Waals surface area contributed by atoms with E-state index in [2.05, 4.69) is 34.2 Å². The van der Waals surface area contributed by atoms with Crippen LogP contribution in [-0.2, 0) is 0 Å². The Bertz CT molecular complexity index is 774. The largest absolute Gasteiger partial charge is 0.378 e. The lowest BCUT2D eigenvalue weighted by atomic mass is 10.2. The fourth-order valence-corrected chi connectivity index (χ4v) is 3.05. The van der Waals surface area contributed by atoms with Crippen LogP contribution < -0.4 is 10.3 Å². The van der Waals surface area contributed by atoms with Gasteiger partial charge in [0.05, 0.1) is 26.1 Å². The van der Waals surface area contributed by atoms with E-state index < -0.39 is 0 Å². The van der Waals surface area contributed by atoms with Crippen LogP contribution in [0, 0.1) is 0 Å². The highest BCUT2D eigenvalue weighted by Crippen LogP contribution is 2.31. The highest BCUT2D eigenvalue weighted by molar-refractivity contribution is 7.21. The minimum absolute atomic E-state index is 0.994. The Morgan fingerprint density at radius 3 is 2.68 bits per heavy atom. The molecule has 1 aromatic carbocycles. The second kappa shape index (κ2) is 4.63. The van der Waals surface area contributed by atoms with E-state index in [-0.39, 0.29) is 0 Å². The SMILES string of the molecule is C/N=c1/ccc2nc3ccc(N(C)C)cc3sc-2c1. The highest BCUT2D eigenvalue weighted by Gasteiger charge is 2.07. The minimum atomic E-state index is 0.994. The Morgan fingerprint density at radius 2 is 1.95 bits per heavy atom. The monoisotopic (exact) mass is 269 g/mol. The molecule has 0 amide bonds. The molecule has 3 rings (SSSR count). The number of anilines is 1. The highest BCUT2D eigenvalue weighted by atomic mass is 32.1. The van der Waals surface area contributed by atoms with Crippen molar-refractivity contribution in [3.05, 3.63) is 41.8 Å². The molecule has 2 aliphatic rings. The molecule has 4 heteroatoms. The van der Waals surface area contributed by atoms with Crippen LogP contribution in [0.3, 0.4) is 0 Å². The summed E-state index contributed by atoms with van der Waals surface area (Å²) in [4.78, 5) is 12.2. The summed E-state index contributed by atoms with van der Waals surface area (Å²) in [6.07, 6.45) is 0. The lowest BCUT2D eigenvalue weighted by molar-refractivity contribution is 1.13. The molecular formula is C15H15N3S. The summed E-state index contributed by atoms with van der Waals surface area (Å²) in [5.74, 6) is 0. The zero-order chi connectivity index (χ0) is 13.4. The Labute approximate surface area is 116 Å². The van der Waals surface area contributed by atoms with Gasteiger partial charge in [-0.05, 0) is 36.4 Å². The summed E-state index contributed by atoms with van der Waals surface area (Å²) >= 11 is 1.76. The second-order valence-electron chi connectivity index (χ2n) is 4.64. The fraction of sp³-hybridized carbons (Fsp3) is 0.200. The van der Waals surface area contributed by atoms with Crippen molar-refractivity contribution in [3.8, 4) is 10.6 Å². The Balaban J connectivity index is 2.31. The molecule has 0 unspecified atom stereocenters. The molecule has 0 aromatic heterocycles. The zero-order valence-corrected chi connectivity index (χ0v) is 12.0. The summed E-state index contributed by atoms with van der Waals surface area (Å²) in [6.45, 7) is 0. The molecule has 0 bridgehead atoms. The molecular weight excluding hydrogens is 254 g/mol. The number of fused-ring (bicyclic) bond motifs is 2. The van der Waals surface area contributed by atoms with Gasteiger partial charge in [0.1, 0.15) is 0 Å². The molecule has 0 atom stereocenters. The summed E-state index contributed by atoms with van der Waals surface area (Å²) in [5.41, 5.74) is 3.27. The third-order valence-corrected chi connectivity index (χ3v) is 4.22. The van der Waals surface area contributed by atoms with Gasteiger partial charge in [0, 0.05) is 26.8 Å². The Kier molecular flexibility index (Phi) is 2.95. The molecule has 0 saturated heterocycles. The van der Waals surface area contributed by atoms with E-state index in [0.29, 0.717) is 0 Å². The van der Waals surface area contributed by atoms with Crippen molar-refractivity contribution in [3.63, 3.8) is 0 Å². The predicted octanol–water partition coefficient (Wildman–Crippen LogP) is 3.00. The van der Waals surface area contributed by atoms with E-state index in [9.17, 15) is 0 Å². The van der Waals surface area contributed by atoms with Crippen molar-refractivity contribution in [1.82, 2.24) is 4.98 Å². The van der Waals surface area contributed by atoms with Crippen LogP contribution in [0.1, 0.15) is 0 Å².